The molecule has 3 nitrogen and oxygen atoms in total. The van der Waals surface area contributed by atoms with Crippen LogP contribution in [0.3, 0.4) is 0 Å². The number of nitrogens with two attached hydrogens (primary N) is 1. The van der Waals surface area contributed by atoms with Crippen molar-refractivity contribution < 1.29 is 13.6 Å². The van der Waals surface area contributed by atoms with E-state index >= 15 is 0 Å². The van der Waals surface area contributed by atoms with E-state index in [9.17, 15) is 13.6 Å². The summed E-state index contributed by atoms with van der Waals surface area (Å²) >= 11 is 0. The van der Waals surface area contributed by atoms with E-state index in [1.54, 1.807) is 0 Å². The van der Waals surface area contributed by atoms with E-state index in [0.29, 0.717) is 0 Å². The Morgan fingerprint density at radius 3 is 2.36 bits per heavy atom. The van der Waals surface area contributed by atoms with Crippen LogP contribution in [0.2, 0.25) is 0 Å². The fourth-order valence-electron chi connectivity index (χ4n) is 0.903. The topological polar surface area (TPSA) is 46.3 Å². The van der Waals surface area contributed by atoms with Gasteiger partial charge in [-0.05, 0) is 6.92 Å². The third kappa shape index (κ3) is 1.65. The van der Waals surface area contributed by atoms with Crippen molar-refractivity contribution in [2.24, 2.45) is 5.73 Å². The van der Waals surface area contributed by atoms with E-state index < -0.39 is 31.0 Å². The predicted molar refractivity (Wildman–Crippen MR) is 34.9 cm³/mol. The molecule has 2 N–H and O–H groups in total. The van der Waals surface area contributed by atoms with Gasteiger partial charge in [0.05, 0.1) is 19.1 Å². The Hall–Kier alpha value is -0.710. The number of halogens is 2. The molecule has 1 radical (unpaired) electrons. The average Bonchev–Trinajstić information content (AvgIpc) is 1.80. The highest BCUT2D eigenvalue weighted by Gasteiger charge is 2.46. The SMILES string of the molecule is [CH2]C(N)C(=O)N1CC(F)(F)C1. The zero-order valence-corrected chi connectivity index (χ0v) is 5.89. The summed E-state index contributed by atoms with van der Waals surface area (Å²) in [4.78, 5) is 11.8. The van der Waals surface area contributed by atoms with Crippen molar-refractivity contribution in [3.63, 3.8) is 0 Å². The van der Waals surface area contributed by atoms with E-state index in [4.69, 9.17) is 5.73 Å². The summed E-state index contributed by atoms with van der Waals surface area (Å²) in [6, 6.07) is -0.925. The maximum Gasteiger partial charge on any atom is 0.282 e. The zero-order chi connectivity index (χ0) is 8.65. The van der Waals surface area contributed by atoms with E-state index in [1.165, 1.54) is 0 Å². The number of amides is 1. The van der Waals surface area contributed by atoms with Gasteiger partial charge in [-0.3, -0.25) is 4.79 Å². The molecule has 1 unspecified atom stereocenters. The second kappa shape index (κ2) is 2.41. The van der Waals surface area contributed by atoms with Crippen LogP contribution in [0.1, 0.15) is 0 Å². The van der Waals surface area contributed by atoms with Crippen molar-refractivity contribution in [2.45, 2.75) is 12.0 Å². The van der Waals surface area contributed by atoms with Gasteiger partial charge >= 0.3 is 0 Å². The summed E-state index contributed by atoms with van der Waals surface area (Å²) in [7, 11) is 0. The standard InChI is InChI=1S/C6H9F2N2O/c1-4(9)5(11)10-2-6(7,8)3-10/h4H,1-3,9H2. The summed E-state index contributed by atoms with van der Waals surface area (Å²) in [5, 5.41) is 0. The molecule has 0 spiro atoms. The molecule has 1 aliphatic heterocycles. The number of carbonyl (C=O) groups is 1. The molecule has 0 aliphatic carbocycles. The highest BCUT2D eigenvalue weighted by Crippen LogP contribution is 2.26. The predicted octanol–water partition coefficient (Wildman–Crippen LogP) is -0.375. The van der Waals surface area contributed by atoms with Gasteiger partial charge in [0.25, 0.3) is 5.92 Å². The number of nitrogens with zero attached hydrogens (tertiary/aromatic N) is 1. The van der Waals surface area contributed by atoms with Crippen molar-refractivity contribution in [1.82, 2.24) is 4.90 Å². The first-order valence-corrected chi connectivity index (χ1v) is 3.18. The minimum absolute atomic E-state index is 0.518. The fraction of sp³-hybridized carbons (Fsp3) is 0.667. The molecule has 5 heteroatoms. The van der Waals surface area contributed by atoms with Gasteiger partial charge in [-0.2, -0.15) is 0 Å². The first kappa shape index (κ1) is 8.39. The fourth-order valence-corrected chi connectivity index (χ4v) is 0.903. The van der Waals surface area contributed by atoms with Crippen LogP contribution in [-0.2, 0) is 4.79 Å². The van der Waals surface area contributed by atoms with Gasteiger partial charge in [0.1, 0.15) is 0 Å². The monoisotopic (exact) mass is 163 g/mol. The number of hydrogen-bond acceptors (Lipinski definition) is 2. The highest BCUT2D eigenvalue weighted by atomic mass is 19.3. The van der Waals surface area contributed by atoms with Crippen LogP contribution in [0.5, 0.6) is 0 Å². The third-order valence-corrected chi connectivity index (χ3v) is 1.47. The molecule has 0 saturated carbocycles. The van der Waals surface area contributed by atoms with E-state index in [-0.39, 0.29) is 0 Å². The van der Waals surface area contributed by atoms with Crippen molar-refractivity contribution >= 4 is 5.91 Å². The molecule has 11 heavy (non-hydrogen) atoms. The molecule has 0 aromatic carbocycles. The first-order valence-electron chi connectivity index (χ1n) is 3.18. The Balaban J connectivity index is 2.38. The number of rotatable bonds is 1. The summed E-state index contributed by atoms with van der Waals surface area (Å²) in [6.45, 7) is 2.19. The maximum atomic E-state index is 12.2. The maximum absolute atomic E-state index is 12.2. The Morgan fingerprint density at radius 1 is 1.64 bits per heavy atom. The van der Waals surface area contributed by atoms with Gasteiger partial charge in [0.15, 0.2) is 0 Å². The van der Waals surface area contributed by atoms with E-state index in [0.717, 1.165) is 4.90 Å². The molecule has 1 saturated heterocycles. The van der Waals surface area contributed by atoms with Gasteiger partial charge in [-0.1, -0.05) is 0 Å². The second-order valence-corrected chi connectivity index (χ2v) is 2.66. The molecule has 1 heterocycles. The molecule has 1 atom stereocenters. The summed E-state index contributed by atoms with van der Waals surface area (Å²) in [6.07, 6.45) is 0. The average molecular weight is 163 g/mol. The number of hydrogen-bond donors (Lipinski definition) is 1. The molecule has 1 amide bonds. The van der Waals surface area contributed by atoms with Crippen molar-refractivity contribution in [3.05, 3.63) is 6.92 Å². The summed E-state index contributed by atoms with van der Waals surface area (Å²) in [5.41, 5.74) is 5.09. The van der Waals surface area contributed by atoms with Crippen LogP contribution < -0.4 is 5.73 Å². The minimum Gasteiger partial charge on any atom is -0.329 e. The van der Waals surface area contributed by atoms with E-state index in [2.05, 4.69) is 6.92 Å². The normalized spacial score (nSPS) is 24.2. The summed E-state index contributed by atoms with van der Waals surface area (Å²) < 4.78 is 24.3. The highest BCUT2D eigenvalue weighted by molar-refractivity contribution is 5.83. The molecule has 0 bridgehead atoms. The molecule has 63 valence electrons. The van der Waals surface area contributed by atoms with Gasteiger partial charge < -0.3 is 10.6 Å². The Labute approximate surface area is 63.2 Å². The van der Waals surface area contributed by atoms with Crippen molar-refractivity contribution in [2.75, 3.05) is 13.1 Å². The lowest BCUT2D eigenvalue weighted by atomic mass is 10.1. The van der Waals surface area contributed by atoms with Crippen LogP contribution in [0.4, 0.5) is 8.78 Å². The molecule has 0 aromatic heterocycles. The van der Waals surface area contributed by atoms with E-state index in [1.807, 2.05) is 0 Å². The smallest absolute Gasteiger partial charge is 0.282 e. The Morgan fingerprint density at radius 2 is 2.09 bits per heavy atom. The zero-order valence-electron chi connectivity index (χ0n) is 5.89. The van der Waals surface area contributed by atoms with Crippen molar-refractivity contribution in [1.29, 1.82) is 0 Å². The molecule has 0 aromatic rings. The van der Waals surface area contributed by atoms with Gasteiger partial charge in [-0.15, -0.1) is 0 Å². The molecular weight excluding hydrogens is 154 g/mol. The minimum atomic E-state index is -2.72. The largest absolute Gasteiger partial charge is 0.329 e. The van der Waals surface area contributed by atoms with Gasteiger partial charge in [0, 0.05) is 0 Å². The van der Waals surface area contributed by atoms with Gasteiger partial charge in [0.2, 0.25) is 5.91 Å². The number of alkyl halides is 2. The Kier molecular flexibility index (Phi) is 1.83. The molecule has 1 rings (SSSR count). The lowest BCUT2D eigenvalue weighted by Gasteiger charge is -2.39. The van der Waals surface area contributed by atoms with Crippen LogP contribution in [-0.4, -0.2) is 35.9 Å². The molecular formula is C6H9F2N2O. The lowest BCUT2D eigenvalue weighted by molar-refractivity contribution is -0.166. The molecule has 1 fully saturated rings. The van der Waals surface area contributed by atoms with Crippen LogP contribution in [0.15, 0.2) is 0 Å². The van der Waals surface area contributed by atoms with Crippen molar-refractivity contribution in [3.8, 4) is 0 Å². The third-order valence-electron chi connectivity index (χ3n) is 1.47. The van der Waals surface area contributed by atoms with Gasteiger partial charge in [-0.25, -0.2) is 8.78 Å². The lowest BCUT2D eigenvalue weighted by Crippen LogP contribution is -2.61. The second-order valence-electron chi connectivity index (χ2n) is 2.66. The molecule has 1 aliphatic rings. The first-order chi connectivity index (χ1) is 4.92. The number of likely N-dealkylation sites (tertiary alicyclic amines) is 1. The van der Waals surface area contributed by atoms with Crippen LogP contribution >= 0.6 is 0 Å². The van der Waals surface area contributed by atoms with Crippen LogP contribution in [0, 0.1) is 6.92 Å². The van der Waals surface area contributed by atoms with Crippen LogP contribution in [0.25, 0.3) is 0 Å². The quantitative estimate of drug-likeness (QED) is 0.573. The Bertz CT molecular complexity index is 173. The summed E-state index contributed by atoms with van der Waals surface area (Å²) in [5.74, 6) is -3.24. The number of carbonyl (C=O) groups excluding carboxylic acids is 1.